The Bertz CT molecular complexity index is 1120. The predicted octanol–water partition coefficient (Wildman–Crippen LogP) is 3.36. The first-order valence-corrected chi connectivity index (χ1v) is 9.55. The van der Waals surface area contributed by atoms with E-state index in [4.69, 9.17) is 9.47 Å². The summed E-state index contributed by atoms with van der Waals surface area (Å²) < 4.78 is 12.3. The molecule has 0 fully saturated rings. The minimum atomic E-state index is -0.536. The maximum Gasteiger partial charge on any atom is 0.276 e. The van der Waals surface area contributed by atoms with Crippen LogP contribution < -0.4 is 20.2 Å². The predicted molar refractivity (Wildman–Crippen MR) is 115 cm³/mol. The third-order valence-electron chi connectivity index (χ3n) is 4.91. The van der Waals surface area contributed by atoms with Crippen molar-refractivity contribution >= 4 is 5.91 Å². The highest BCUT2D eigenvalue weighted by Gasteiger charge is 2.20. The lowest BCUT2D eigenvalue weighted by Gasteiger charge is -2.19. The van der Waals surface area contributed by atoms with Crippen molar-refractivity contribution in [2.75, 3.05) is 14.2 Å². The SMILES string of the molecule is COc1cc(C)c(C(C)NC(=O)c2nn(-c3ccccc3)c(C)cc2=O)cc1OC. The van der Waals surface area contributed by atoms with E-state index in [9.17, 15) is 9.59 Å². The van der Waals surface area contributed by atoms with Crippen LogP contribution in [0.4, 0.5) is 0 Å². The first kappa shape index (κ1) is 21.1. The third kappa shape index (κ3) is 4.20. The van der Waals surface area contributed by atoms with Gasteiger partial charge in [-0.3, -0.25) is 9.59 Å². The largest absolute Gasteiger partial charge is 0.493 e. The van der Waals surface area contributed by atoms with E-state index in [0.29, 0.717) is 17.2 Å². The summed E-state index contributed by atoms with van der Waals surface area (Å²) in [6.45, 7) is 5.54. The maximum absolute atomic E-state index is 12.9. The number of rotatable bonds is 6. The van der Waals surface area contributed by atoms with Gasteiger partial charge in [-0.15, -0.1) is 0 Å². The Morgan fingerprint density at radius 2 is 1.67 bits per heavy atom. The Hall–Kier alpha value is -3.61. The Balaban J connectivity index is 1.92. The standard InChI is InChI=1S/C23H25N3O4/c1-14-11-20(29-4)21(30-5)13-18(14)16(3)24-23(28)22-19(27)12-15(2)26(25-22)17-9-7-6-8-10-17/h6-13,16H,1-5H3,(H,24,28). The summed E-state index contributed by atoms with van der Waals surface area (Å²) in [5.74, 6) is 0.647. The molecule has 7 heteroatoms. The Kier molecular flexibility index (Phi) is 6.20. The summed E-state index contributed by atoms with van der Waals surface area (Å²) in [4.78, 5) is 25.4. The molecular weight excluding hydrogens is 382 g/mol. The van der Waals surface area contributed by atoms with E-state index in [1.165, 1.54) is 6.07 Å². The number of carbonyl (C=O) groups is 1. The van der Waals surface area contributed by atoms with Gasteiger partial charge in [-0.05, 0) is 56.2 Å². The second-order valence-electron chi connectivity index (χ2n) is 7.00. The number of hydrogen-bond donors (Lipinski definition) is 1. The number of amides is 1. The zero-order chi connectivity index (χ0) is 21.8. The zero-order valence-corrected chi connectivity index (χ0v) is 17.7. The molecule has 0 saturated heterocycles. The van der Waals surface area contributed by atoms with Gasteiger partial charge in [0.2, 0.25) is 5.43 Å². The molecule has 0 aliphatic carbocycles. The molecule has 1 atom stereocenters. The fraction of sp³-hybridized carbons (Fsp3) is 0.261. The van der Waals surface area contributed by atoms with Crippen molar-refractivity contribution in [1.29, 1.82) is 0 Å². The van der Waals surface area contributed by atoms with Crippen LogP contribution in [0.2, 0.25) is 0 Å². The summed E-state index contributed by atoms with van der Waals surface area (Å²) in [5.41, 5.74) is 2.62. The molecule has 0 saturated carbocycles. The fourth-order valence-electron chi connectivity index (χ4n) is 3.34. The van der Waals surface area contributed by atoms with Crippen LogP contribution in [0.3, 0.4) is 0 Å². The van der Waals surface area contributed by atoms with Crippen LogP contribution in [0.1, 0.15) is 40.3 Å². The van der Waals surface area contributed by atoms with Gasteiger partial charge in [0.15, 0.2) is 17.2 Å². The van der Waals surface area contributed by atoms with Crippen LogP contribution in [0.15, 0.2) is 53.3 Å². The molecule has 1 unspecified atom stereocenters. The molecule has 1 amide bonds. The van der Waals surface area contributed by atoms with Crippen LogP contribution in [0.5, 0.6) is 11.5 Å². The van der Waals surface area contributed by atoms with Gasteiger partial charge in [0.05, 0.1) is 25.9 Å². The highest BCUT2D eigenvalue weighted by molar-refractivity contribution is 5.92. The fourth-order valence-corrected chi connectivity index (χ4v) is 3.34. The van der Waals surface area contributed by atoms with Crippen LogP contribution in [-0.2, 0) is 0 Å². The molecule has 0 radical (unpaired) electrons. The number of para-hydroxylation sites is 1. The number of nitrogens with one attached hydrogen (secondary N) is 1. The molecule has 1 aromatic heterocycles. The quantitative estimate of drug-likeness (QED) is 0.678. The summed E-state index contributed by atoms with van der Waals surface area (Å²) in [5, 5.41) is 7.19. The number of carbonyl (C=O) groups excluding carboxylic acids is 1. The second-order valence-corrected chi connectivity index (χ2v) is 7.00. The van der Waals surface area contributed by atoms with Gasteiger partial charge in [-0.25, -0.2) is 4.68 Å². The number of methoxy groups -OCH3 is 2. The Morgan fingerprint density at radius 3 is 2.30 bits per heavy atom. The van der Waals surface area contributed by atoms with Crippen LogP contribution >= 0.6 is 0 Å². The van der Waals surface area contributed by atoms with Gasteiger partial charge in [-0.1, -0.05) is 18.2 Å². The lowest BCUT2D eigenvalue weighted by Crippen LogP contribution is -2.33. The van der Waals surface area contributed by atoms with Gasteiger partial charge in [0.1, 0.15) is 0 Å². The van der Waals surface area contributed by atoms with Gasteiger partial charge in [-0.2, -0.15) is 5.10 Å². The van der Waals surface area contributed by atoms with Crippen molar-refractivity contribution in [3.05, 3.63) is 81.3 Å². The molecule has 0 spiro atoms. The second kappa shape index (κ2) is 8.82. The molecule has 1 heterocycles. The first-order valence-electron chi connectivity index (χ1n) is 9.55. The Morgan fingerprint density at radius 1 is 1.03 bits per heavy atom. The van der Waals surface area contributed by atoms with Gasteiger partial charge in [0.25, 0.3) is 5.91 Å². The molecule has 3 aromatic rings. The topological polar surface area (TPSA) is 82.5 Å². The minimum absolute atomic E-state index is 0.158. The van der Waals surface area contributed by atoms with E-state index in [1.807, 2.05) is 56.3 Å². The summed E-state index contributed by atoms with van der Waals surface area (Å²) in [6, 6.07) is 14.1. The number of aryl methyl sites for hydroxylation is 2. The van der Waals surface area contributed by atoms with Crippen LogP contribution in [0, 0.1) is 13.8 Å². The van der Waals surface area contributed by atoms with Gasteiger partial charge >= 0.3 is 0 Å². The van der Waals surface area contributed by atoms with Crippen molar-refractivity contribution in [3.63, 3.8) is 0 Å². The Labute approximate surface area is 175 Å². The van der Waals surface area contributed by atoms with Crippen LogP contribution in [-0.4, -0.2) is 29.9 Å². The molecule has 7 nitrogen and oxygen atoms in total. The number of aromatic nitrogens is 2. The lowest BCUT2D eigenvalue weighted by molar-refractivity contribution is 0.0931. The highest BCUT2D eigenvalue weighted by atomic mass is 16.5. The molecule has 0 bridgehead atoms. The van der Waals surface area contributed by atoms with Crippen molar-refractivity contribution < 1.29 is 14.3 Å². The van der Waals surface area contributed by atoms with Crippen molar-refractivity contribution in [2.45, 2.75) is 26.8 Å². The highest BCUT2D eigenvalue weighted by Crippen LogP contribution is 2.32. The number of hydrogen-bond acceptors (Lipinski definition) is 5. The smallest absolute Gasteiger partial charge is 0.276 e. The van der Waals surface area contributed by atoms with Crippen molar-refractivity contribution in [2.24, 2.45) is 0 Å². The van der Waals surface area contributed by atoms with E-state index >= 15 is 0 Å². The average molecular weight is 407 g/mol. The van der Waals surface area contributed by atoms with Crippen molar-refractivity contribution in [1.82, 2.24) is 15.1 Å². The molecule has 0 aliphatic rings. The molecule has 30 heavy (non-hydrogen) atoms. The van der Waals surface area contributed by atoms with E-state index in [1.54, 1.807) is 25.8 Å². The van der Waals surface area contributed by atoms with E-state index < -0.39 is 11.3 Å². The number of ether oxygens (including phenoxy) is 2. The maximum atomic E-state index is 12.9. The zero-order valence-electron chi connectivity index (χ0n) is 17.7. The van der Waals surface area contributed by atoms with Gasteiger partial charge < -0.3 is 14.8 Å². The van der Waals surface area contributed by atoms with Gasteiger partial charge in [0, 0.05) is 11.8 Å². The molecule has 2 aromatic carbocycles. The molecule has 3 rings (SSSR count). The average Bonchev–Trinajstić information content (AvgIpc) is 2.73. The minimum Gasteiger partial charge on any atom is -0.493 e. The monoisotopic (exact) mass is 407 g/mol. The summed E-state index contributed by atoms with van der Waals surface area (Å²) >= 11 is 0. The summed E-state index contributed by atoms with van der Waals surface area (Å²) in [6.07, 6.45) is 0. The molecular formula is C23H25N3O4. The third-order valence-corrected chi connectivity index (χ3v) is 4.91. The van der Waals surface area contributed by atoms with E-state index in [0.717, 1.165) is 16.8 Å². The first-order chi connectivity index (χ1) is 14.3. The lowest BCUT2D eigenvalue weighted by atomic mass is 10.0. The number of nitrogens with zero attached hydrogens (tertiary/aromatic N) is 2. The summed E-state index contributed by atoms with van der Waals surface area (Å²) in [7, 11) is 3.13. The van der Waals surface area contributed by atoms with E-state index in [-0.39, 0.29) is 11.7 Å². The van der Waals surface area contributed by atoms with E-state index in [2.05, 4.69) is 10.4 Å². The number of benzene rings is 2. The molecule has 156 valence electrons. The molecule has 0 aliphatic heterocycles. The van der Waals surface area contributed by atoms with Crippen LogP contribution in [0.25, 0.3) is 5.69 Å². The van der Waals surface area contributed by atoms with Crippen molar-refractivity contribution in [3.8, 4) is 17.2 Å². The normalized spacial score (nSPS) is 11.6. The molecule has 1 N–H and O–H groups in total.